The third kappa shape index (κ3) is 3.09. The predicted octanol–water partition coefficient (Wildman–Crippen LogP) is 4.29. The van der Waals surface area contributed by atoms with E-state index in [4.69, 9.17) is 0 Å². The lowest BCUT2D eigenvalue weighted by molar-refractivity contribution is 0.102. The molecular weight excluding hydrogens is 272 g/mol. The molecule has 110 valence electrons. The first kappa shape index (κ1) is 14.1. The molecule has 0 fully saturated rings. The molecule has 1 N–H and O–H groups in total. The van der Waals surface area contributed by atoms with Crippen molar-refractivity contribution in [2.45, 2.75) is 13.3 Å². The SMILES string of the molecule is CCc1cccc(NC(=O)c2ccc(-n3cccc3)cc2)c1. The fourth-order valence-corrected chi connectivity index (χ4v) is 2.36. The summed E-state index contributed by atoms with van der Waals surface area (Å²) in [6.45, 7) is 2.10. The molecule has 0 saturated heterocycles. The van der Waals surface area contributed by atoms with Gasteiger partial charge in [0.1, 0.15) is 0 Å². The Morgan fingerprint density at radius 2 is 1.73 bits per heavy atom. The topological polar surface area (TPSA) is 34.0 Å². The first-order chi connectivity index (χ1) is 10.8. The molecule has 3 aromatic rings. The van der Waals surface area contributed by atoms with Gasteiger partial charge in [0.05, 0.1) is 0 Å². The zero-order chi connectivity index (χ0) is 15.4. The van der Waals surface area contributed by atoms with Gasteiger partial charge in [-0.2, -0.15) is 0 Å². The number of carbonyl (C=O) groups is 1. The monoisotopic (exact) mass is 290 g/mol. The molecule has 2 aromatic carbocycles. The number of amides is 1. The molecule has 0 saturated carbocycles. The fraction of sp³-hybridized carbons (Fsp3) is 0.105. The van der Waals surface area contributed by atoms with Gasteiger partial charge in [-0.3, -0.25) is 4.79 Å². The molecule has 1 aromatic heterocycles. The number of nitrogens with one attached hydrogen (secondary N) is 1. The molecule has 0 atom stereocenters. The molecule has 0 radical (unpaired) electrons. The molecule has 0 aliphatic heterocycles. The van der Waals surface area contributed by atoms with Gasteiger partial charge in [-0.05, 0) is 60.5 Å². The normalized spacial score (nSPS) is 10.4. The molecule has 1 amide bonds. The molecule has 3 nitrogen and oxygen atoms in total. The number of anilines is 1. The minimum Gasteiger partial charge on any atom is -0.324 e. The molecule has 22 heavy (non-hydrogen) atoms. The van der Waals surface area contributed by atoms with Gasteiger partial charge in [0.25, 0.3) is 5.91 Å². The van der Waals surface area contributed by atoms with Crippen molar-refractivity contribution in [3.05, 3.63) is 84.2 Å². The van der Waals surface area contributed by atoms with Crippen LogP contribution in [0.15, 0.2) is 73.1 Å². The summed E-state index contributed by atoms with van der Waals surface area (Å²) in [6.07, 6.45) is 4.91. The van der Waals surface area contributed by atoms with Crippen molar-refractivity contribution in [3.63, 3.8) is 0 Å². The molecule has 0 unspecified atom stereocenters. The molecule has 0 aliphatic carbocycles. The largest absolute Gasteiger partial charge is 0.324 e. The average Bonchev–Trinajstić information content (AvgIpc) is 3.09. The minimum atomic E-state index is -0.0905. The summed E-state index contributed by atoms with van der Waals surface area (Å²) in [5, 5.41) is 2.94. The number of carbonyl (C=O) groups excluding carboxylic acids is 1. The summed E-state index contributed by atoms with van der Waals surface area (Å²) < 4.78 is 2.01. The van der Waals surface area contributed by atoms with E-state index >= 15 is 0 Å². The maximum Gasteiger partial charge on any atom is 0.255 e. The van der Waals surface area contributed by atoms with Crippen LogP contribution in [0.1, 0.15) is 22.8 Å². The van der Waals surface area contributed by atoms with Crippen molar-refractivity contribution >= 4 is 11.6 Å². The van der Waals surface area contributed by atoms with Crippen LogP contribution in [0.5, 0.6) is 0 Å². The third-order valence-corrected chi connectivity index (χ3v) is 3.63. The number of aryl methyl sites for hydroxylation is 1. The van der Waals surface area contributed by atoms with Gasteiger partial charge in [0.15, 0.2) is 0 Å². The molecule has 3 heteroatoms. The van der Waals surface area contributed by atoms with Crippen LogP contribution in [0.25, 0.3) is 5.69 Å². The highest BCUT2D eigenvalue weighted by Crippen LogP contribution is 2.14. The van der Waals surface area contributed by atoms with Crippen molar-refractivity contribution < 1.29 is 4.79 Å². The van der Waals surface area contributed by atoms with Crippen molar-refractivity contribution in [2.24, 2.45) is 0 Å². The second-order valence-corrected chi connectivity index (χ2v) is 5.15. The van der Waals surface area contributed by atoms with E-state index in [-0.39, 0.29) is 5.91 Å². The second kappa shape index (κ2) is 6.31. The van der Waals surface area contributed by atoms with Gasteiger partial charge in [0, 0.05) is 29.3 Å². The maximum absolute atomic E-state index is 12.3. The van der Waals surface area contributed by atoms with Crippen LogP contribution in [-0.4, -0.2) is 10.5 Å². The van der Waals surface area contributed by atoms with Crippen LogP contribution >= 0.6 is 0 Å². The number of rotatable bonds is 4. The second-order valence-electron chi connectivity index (χ2n) is 5.15. The van der Waals surface area contributed by atoms with Crippen molar-refractivity contribution in [1.29, 1.82) is 0 Å². The van der Waals surface area contributed by atoms with Crippen LogP contribution in [0.3, 0.4) is 0 Å². The Labute approximate surface area is 130 Å². The summed E-state index contributed by atoms with van der Waals surface area (Å²) in [6, 6.07) is 19.4. The molecule has 3 rings (SSSR count). The van der Waals surface area contributed by atoms with E-state index in [1.807, 2.05) is 71.6 Å². The van der Waals surface area contributed by atoms with Crippen LogP contribution in [0.4, 0.5) is 5.69 Å². The summed E-state index contributed by atoms with van der Waals surface area (Å²) in [7, 11) is 0. The van der Waals surface area contributed by atoms with Crippen molar-refractivity contribution in [1.82, 2.24) is 4.57 Å². The predicted molar refractivity (Wildman–Crippen MR) is 89.5 cm³/mol. The van der Waals surface area contributed by atoms with Gasteiger partial charge in [-0.15, -0.1) is 0 Å². The number of hydrogen-bond donors (Lipinski definition) is 1. The minimum absolute atomic E-state index is 0.0905. The van der Waals surface area contributed by atoms with Gasteiger partial charge in [0.2, 0.25) is 0 Å². The summed E-state index contributed by atoms with van der Waals surface area (Å²) in [5.74, 6) is -0.0905. The Balaban J connectivity index is 1.74. The highest BCUT2D eigenvalue weighted by molar-refractivity contribution is 6.04. The Hall–Kier alpha value is -2.81. The lowest BCUT2D eigenvalue weighted by atomic mass is 10.1. The van der Waals surface area contributed by atoms with Crippen LogP contribution in [-0.2, 0) is 6.42 Å². The van der Waals surface area contributed by atoms with Gasteiger partial charge in [-0.1, -0.05) is 19.1 Å². The fourth-order valence-electron chi connectivity index (χ4n) is 2.36. The molecule has 0 bridgehead atoms. The Kier molecular flexibility index (Phi) is 4.05. The van der Waals surface area contributed by atoms with Gasteiger partial charge in [-0.25, -0.2) is 0 Å². The van der Waals surface area contributed by atoms with Crippen LogP contribution in [0.2, 0.25) is 0 Å². The summed E-state index contributed by atoms with van der Waals surface area (Å²) >= 11 is 0. The molecule has 1 heterocycles. The first-order valence-corrected chi connectivity index (χ1v) is 7.40. The highest BCUT2D eigenvalue weighted by atomic mass is 16.1. The summed E-state index contributed by atoms with van der Waals surface area (Å²) in [4.78, 5) is 12.3. The summed E-state index contributed by atoms with van der Waals surface area (Å²) in [5.41, 5.74) is 3.73. The maximum atomic E-state index is 12.3. The number of benzene rings is 2. The lowest BCUT2D eigenvalue weighted by Crippen LogP contribution is -2.12. The van der Waals surface area contributed by atoms with E-state index in [2.05, 4.69) is 18.3 Å². The van der Waals surface area contributed by atoms with E-state index in [0.717, 1.165) is 17.8 Å². The lowest BCUT2D eigenvalue weighted by Gasteiger charge is -2.08. The van der Waals surface area contributed by atoms with Gasteiger partial charge >= 0.3 is 0 Å². The zero-order valence-corrected chi connectivity index (χ0v) is 12.5. The molecule has 0 aliphatic rings. The Morgan fingerprint density at radius 3 is 2.41 bits per heavy atom. The first-order valence-electron chi connectivity index (χ1n) is 7.40. The zero-order valence-electron chi connectivity index (χ0n) is 12.5. The Bertz CT molecular complexity index is 758. The van der Waals surface area contributed by atoms with Crippen LogP contribution in [0, 0.1) is 0 Å². The van der Waals surface area contributed by atoms with E-state index < -0.39 is 0 Å². The highest BCUT2D eigenvalue weighted by Gasteiger charge is 2.06. The van der Waals surface area contributed by atoms with E-state index in [1.165, 1.54) is 5.56 Å². The van der Waals surface area contributed by atoms with E-state index in [0.29, 0.717) is 5.56 Å². The third-order valence-electron chi connectivity index (χ3n) is 3.63. The van der Waals surface area contributed by atoms with Crippen molar-refractivity contribution in [2.75, 3.05) is 5.32 Å². The van der Waals surface area contributed by atoms with Crippen LogP contribution < -0.4 is 5.32 Å². The standard InChI is InChI=1S/C19H18N2O/c1-2-15-6-5-7-17(14-15)20-19(22)16-8-10-18(11-9-16)21-12-3-4-13-21/h3-14H,2H2,1H3,(H,20,22). The number of nitrogens with zero attached hydrogens (tertiary/aromatic N) is 1. The van der Waals surface area contributed by atoms with Crippen molar-refractivity contribution in [3.8, 4) is 5.69 Å². The smallest absolute Gasteiger partial charge is 0.255 e. The average molecular weight is 290 g/mol. The van der Waals surface area contributed by atoms with E-state index in [1.54, 1.807) is 0 Å². The number of hydrogen-bond acceptors (Lipinski definition) is 1. The number of aromatic nitrogens is 1. The van der Waals surface area contributed by atoms with E-state index in [9.17, 15) is 4.79 Å². The van der Waals surface area contributed by atoms with Gasteiger partial charge < -0.3 is 9.88 Å². The quantitative estimate of drug-likeness (QED) is 0.764. The molecule has 0 spiro atoms. The Morgan fingerprint density at radius 1 is 1.00 bits per heavy atom. The molecular formula is C19H18N2O.